The van der Waals surface area contributed by atoms with Crippen molar-refractivity contribution >= 4 is 23.7 Å². The first-order valence-electron chi connectivity index (χ1n) is 16.5. The summed E-state index contributed by atoms with van der Waals surface area (Å²) < 4.78 is 18.5. The molecule has 0 saturated carbocycles. The van der Waals surface area contributed by atoms with Crippen molar-refractivity contribution in [1.82, 2.24) is 15.1 Å². The fourth-order valence-electron chi connectivity index (χ4n) is 7.36. The smallest absolute Gasteiger partial charge is 0.313 e. The van der Waals surface area contributed by atoms with Crippen LogP contribution in [-0.2, 0) is 33.4 Å². The zero-order valence-corrected chi connectivity index (χ0v) is 27.0. The number of nitrogens with one attached hydrogen (secondary N) is 1. The summed E-state index contributed by atoms with van der Waals surface area (Å²) in [6.07, 6.45) is 9.01. The summed E-state index contributed by atoms with van der Waals surface area (Å²) in [5, 5.41) is 12.2. The number of esters is 1. The minimum Gasteiger partial charge on any atom is -0.455 e. The van der Waals surface area contributed by atoms with Gasteiger partial charge in [0.15, 0.2) is 0 Å². The highest BCUT2D eigenvalue weighted by Crippen LogP contribution is 2.53. The number of allylic oxidation sites excluding steroid dienone is 1. The predicted molar refractivity (Wildman–Crippen MR) is 169 cm³/mol. The number of aliphatic hydroxyl groups is 1. The molecule has 4 heterocycles. The normalized spacial score (nSPS) is 32.2. The molecule has 2 fully saturated rings. The second-order valence-corrected chi connectivity index (χ2v) is 12.9. The van der Waals surface area contributed by atoms with Crippen molar-refractivity contribution in [3.63, 3.8) is 0 Å². The number of fused-ring (bicyclic) bond motifs is 2. The Labute approximate surface area is 270 Å². The molecule has 11 nitrogen and oxygen atoms in total. The molecule has 4 aliphatic rings. The summed E-state index contributed by atoms with van der Waals surface area (Å²) in [4.78, 5) is 59.6. The molecule has 0 aliphatic carbocycles. The van der Waals surface area contributed by atoms with Crippen LogP contribution in [-0.4, -0.2) is 102 Å². The molecule has 7 atom stereocenters. The van der Waals surface area contributed by atoms with Gasteiger partial charge in [-0.3, -0.25) is 19.2 Å². The van der Waals surface area contributed by atoms with Gasteiger partial charge in [0.25, 0.3) is 0 Å². The molecule has 250 valence electrons. The first-order chi connectivity index (χ1) is 22.2. The van der Waals surface area contributed by atoms with Gasteiger partial charge in [-0.2, -0.15) is 0 Å². The topological polar surface area (TPSA) is 135 Å². The summed E-state index contributed by atoms with van der Waals surface area (Å²) in [6, 6.07) is 7.43. The molecule has 2 N–H and O–H groups in total. The van der Waals surface area contributed by atoms with Crippen LogP contribution in [0.5, 0.6) is 0 Å². The SMILES string of the molecule is COC[C@@H]1NC(=O)CC/C=C\[C@@H]2O[C@@]34C=CCN(C(C)C)C(=O)[C@@H]3N(CCCCCCO)C(=O)[C@H]4[C@@H]2C(=O)O[C@H]1c1ccccc1. The van der Waals surface area contributed by atoms with Crippen LogP contribution < -0.4 is 5.32 Å². The lowest BCUT2D eigenvalue weighted by atomic mass is 9.77. The lowest BCUT2D eigenvalue weighted by Crippen LogP contribution is -2.56. The summed E-state index contributed by atoms with van der Waals surface area (Å²) >= 11 is 0. The number of carbonyl (C=O) groups is 4. The van der Waals surface area contributed by atoms with Gasteiger partial charge in [0.05, 0.1) is 24.7 Å². The Morgan fingerprint density at radius 2 is 1.80 bits per heavy atom. The molecular weight excluding hydrogens is 590 g/mol. The largest absolute Gasteiger partial charge is 0.455 e. The highest BCUT2D eigenvalue weighted by molar-refractivity contribution is 5.99. The van der Waals surface area contributed by atoms with E-state index in [0.29, 0.717) is 37.9 Å². The Morgan fingerprint density at radius 1 is 1.04 bits per heavy atom. The molecule has 46 heavy (non-hydrogen) atoms. The maximum atomic E-state index is 14.5. The van der Waals surface area contributed by atoms with Gasteiger partial charge in [-0.05, 0) is 38.7 Å². The summed E-state index contributed by atoms with van der Waals surface area (Å²) in [5.41, 5.74) is -0.697. The Balaban J connectivity index is 1.56. The molecule has 0 unspecified atom stereocenters. The molecule has 0 bridgehead atoms. The van der Waals surface area contributed by atoms with Crippen molar-refractivity contribution in [3.8, 4) is 0 Å². The van der Waals surface area contributed by atoms with Crippen LogP contribution in [0.15, 0.2) is 54.6 Å². The number of likely N-dealkylation sites (tertiary alicyclic amines) is 1. The van der Waals surface area contributed by atoms with Crippen LogP contribution in [0.1, 0.15) is 64.0 Å². The van der Waals surface area contributed by atoms with Crippen molar-refractivity contribution in [2.45, 2.75) is 88.3 Å². The number of rotatable bonds is 10. The zero-order valence-electron chi connectivity index (χ0n) is 27.0. The van der Waals surface area contributed by atoms with E-state index in [9.17, 15) is 24.3 Å². The Bertz CT molecular complexity index is 1320. The number of benzene rings is 1. The minimum absolute atomic E-state index is 0.0969. The van der Waals surface area contributed by atoms with Gasteiger partial charge >= 0.3 is 5.97 Å². The molecule has 4 aliphatic heterocycles. The molecular formula is C35H47N3O8. The number of unbranched alkanes of at least 4 members (excludes halogenated alkanes) is 3. The third-order valence-electron chi connectivity index (χ3n) is 9.52. The van der Waals surface area contributed by atoms with E-state index in [1.165, 1.54) is 7.11 Å². The van der Waals surface area contributed by atoms with Gasteiger partial charge in [-0.15, -0.1) is 0 Å². The van der Waals surface area contributed by atoms with E-state index in [0.717, 1.165) is 12.8 Å². The zero-order chi connectivity index (χ0) is 32.8. The first-order valence-corrected chi connectivity index (χ1v) is 16.5. The van der Waals surface area contributed by atoms with E-state index in [1.54, 1.807) is 22.0 Å². The number of cyclic esters (lactones) is 1. The number of amides is 3. The fourth-order valence-corrected chi connectivity index (χ4v) is 7.36. The number of hydrogen-bond donors (Lipinski definition) is 2. The van der Waals surface area contributed by atoms with E-state index < -0.39 is 47.7 Å². The van der Waals surface area contributed by atoms with E-state index in [4.69, 9.17) is 14.2 Å². The lowest BCUT2D eigenvalue weighted by Gasteiger charge is -2.36. The minimum atomic E-state index is -1.37. The van der Waals surface area contributed by atoms with E-state index in [1.807, 2.05) is 56.3 Å². The van der Waals surface area contributed by atoms with E-state index in [2.05, 4.69) is 5.32 Å². The third kappa shape index (κ3) is 6.63. The maximum absolute atomic E-state index is 14.5. The Morgan fingerprint density at radius 3 is 2.52 bits per heavy atom. The number of carbonyl (C=O) groups excluding carboxylic acids is 4. The molecule has 2 saturated heterocycles. The van der Waals surface area contributed by atoms with Crippen molar-refractivity contribution in [1.29, 1.82) is 0 Å². The Hall–Kier alpha value is -3.54. The predicted octanol–water partition coefficient (Wildman–Crippen LogP) is 2.69. The van der Waals surface area contributed by atoms with Gasteiger partial charge in [-0.25, -0.2) is 0 Å². The van der Waals surface area contributed by atoms with Gasteiger partial charge < -0.3 is 34.4 Å². The van der Waals surface area contributed by atoms with Crippen LogP contribution in [0.2, 0.25) is 0 Å². The molecule has 1 spiro atoms. The van der Waals surface area contributed by atoms with Crippen LogP contribution in [0, 0.1) is 11.8 Å². The van der Waals surface area contributed by atoms with Crippen molar-refractivity contribution < 1.29 is 38.5 Å². The molecule has 11 heteroatoms. The molecule has 1 aromatic carbocycles. The summed E-state index contributed by atoms with van der Waals surface area (Å²) in [6.45, 7) is 4.78. The van der Waals surface area contributed by atoms with Crippen molar-refractivity contribution in [2.75, 3.05) is 33.4 Å². The van der Waals surface area contributed by atoms with Gasteiger partial charge in [0, 0.05) is 39.3 Å². The van der Waals surface area contributed by atoms with Gasteiger partial charge in [-0.1, -0.05) is 67.5 Å². The number of nitrogens with zero attached hydrogens (tertiary/aromatic N) is 2. The van der Waals surface area contributed by atoms with Crippen molar-refractivity contribution in [3.05, 3.63) is 60.2 Å². The fraction of sp³-hybridized carbons (Fsp3) is 0.600. The maximum Gasteiger partial charge on any atom is 0.313 e. The lowest BCUT2D eigenvalue weighted by molar-refractivity contribution is -0.162. The molecule has 5 rings (SSSR count). The molecule has 0 aromatic heterocycles. The second kappa shape index (κ2) is 14.9. The monoisotopic (exact) mass is 637 g/mol. The third-order valence-corrected chi connectivity index (χ3v) is 9.52. The van der Waals surface area contributed by atoms with Crippen LogP contribution >= 0.6 is 0 Å². The number of hydrogen-bond acceptors (Lipinski definition) is 8. The quantitative estimate of drug-likeness (QED) is 0.227. The average molecular weight is 638 g/mol. The number of aliphatic hydroxyl groups excluding tert-OH is 1. The van der Waals surface area contributed by atoms with Crippen LogP contribution in [0.4, 0.5) is 0 Å². The highest BCUT2D eigenvalue weighted by Gasteiger charge is 2.71. The number of methoxy groups -OCH3 is 1. The standard InChI is InChI=1S/C35H47N3O8/c1-23(2)37-20-13-18-35-29(32(41)38(31(35)33(37)42)19-11-4-5-12-21-39)28-26(46-35)16-9-10-17-27(40)36-25(22-44-3)30(45-34(28)43)24-14-7-6-8-15-24/h6-9,13-16,18,23,25-26,28-31,39H,4-5,10-12,17,19-22H2,1-3H3,(H,36,40)/b16-9-/t25-,26-,28+,29+,30-,31-,35+/m0/s1. The van der Waals surface area contributed by atoms with E-state index in [-0.39, 0.29) is 43.4 Å². The van der Waals surface area contributed by atoms with E-state index >= 15 is 0 Å². The van der Waals surface area contributed by atoms with Gasteiger partial charge in [0.1, 0.15) is 23.7 Å². The average Bonchev–Trinajstić information content (AvgIpc) is 3.41. The van der Waals surface area contributed by atoms with Gasteiger partial charge in [0.2, 0.25) is 17.7 Å². The first kappa shape index (κ1) is 33.8. The number of ether oxygens (including phenoxy) is 3. The molecule has 1 aromatic rings. The van der Waals surface area contributed by atoms with Crippen LogP contribution in [0.25, 0.3) is 0 Å². The Kier molecular flexibility index (Phi) is 11.0. The van der Waals surface area contributed by atoms with Crippen LogP contribution in [0.3, 0.4) is 0 Å². The summed E-state index contributed by atoms with van der Waals surface area (Å²) in [5.74, 6) is -3.38. The van der Waals surface area contributed by atoms with Crippen molar-refractivity contribution in [2.24, 2.45) is 11.8 Å². The second-order valence-electron chi connectivity index (χ2n) is 12.9. The highest BCUT2D eigenvalue weighted by atomic mass is 16.6. The molecule has 0 radical (unpaired) electrons. The summed E-state index contributed by atoms with van der Waals surface area (Å²) in [7, 11) is 1.52. The molecule has 3 amide bonds.